The van der Waals surface area contributed by atoms with Gasteiger partial charge in [0.25, 0.3) is 0 Å². The van der Waals surface area contributed by atoms with Crippen molar-refractivity contribution in [3.8, 4) is 0 Å². The average molecular weight is 268 g/mol. The fourth-order valence-corrected chi connectivity index (χ4v) is 2.30. The highest BCUT2D eigenvalue weighted by atomic mass is 79.9. The molecule has 2 nitrogen and oxygen atoms in total. The lowest BCUT2D eigenvalue weighted by Gasteiger charge is -2.16. The second-order valence-corrected chi connectivity index (χ2v) is 5.60. The third-order valence-electron chi connectivity index (χ3n) is 2.76. The van der Waals surface area contributed by atoms with E-state index in [0.717, 1.165) is 16.5 Å². The maximum absolute atomic E-state index is 11.8. The second kappa shape index (κ2) is 3.63. The molecule has 0 bridgehead atoms. The van der Waals surface area contributed by atoms with Crippen molar-refractivity contribution >= 4 is 21.8 Å². The van der Waals surface area contributed by atoms with Crippen LogP contribution in [-0.2, 0) is 4.79 Å². The van der Waals surface area contributed by atoms with Crippen molar-refractivity contribution in [1.29, 1.82) is 0 Å². The van der Waals surface area contributed by atoms with Crippen LogP contribution in [0.1, 0.15) is 31.7 Å². The van der Waals surface area contributed by atoms with Crippen molar-refractivity contribution in [1.82, 2.24) is 5.32 Å². The Morgan fingerprint density at radius 1 is 1.33 bits per heavy atom. The fourth-order valence-electron chi connectivity index (χ4n) is 2.04. The number of benzene rings is 1. The van der Waals surface area contributed by atoms with E-state index in [9.17, 15) is 4.79 Å². The van der Waals surface area contributed by atoms with Gasteiger partial charge >= 0.3 is 0 Å². The first-order chi connectivity index (χ1) is 6.98. The Hall–Kier alpha value is -0.830. The molecule has 0 saturated carbocycles. The van der Waals surface area contributed by atoms with Crippen molar-refractivity contribution < 1.29 is 4.79 Å². The summed E-state index contributed by atoms with van der Waals surface area (Å²) in [7, 11) is 0. The Labute approximate surface area is 98.2 Å². The number of rotatable bonds is 1. The summed E-state index contributed by atoms with van der Waals surface area (Å²) in [5.41, 5.74) is 1.02. The molecule has 15 heavy (non-hydrogen) atoms. The van der Waals surface area contributed by atoms with Crippen LogP contribution in [0.2, 0.25) is 0 Å². The standard InChI is InChI=1S/C12H14BrNO/c1-12(2)7-10(11(15)14-12)8-3-5-9(13)6-4-8/h3-6,10H,7H2,1-2H3,(H,14,15). The van der Waals surface area contributed by atoms with Crippen LogP contribution in [0.25, 0.3) is 0 Å². The van der Waals surface area contributed by atoms with Crippen molar-refractivity contribution in [2.45, 2.75) is 31.7 Å². The van der Waals surface area contributed by atoms with Gasteiger partial charge in [-0.1, -0.05) is 28.1 Å². The quantitative estimate of drug-likeness (QED) is 0.833. The predicted molar refractivity (Wildman–Crippen MR) is 63.7 cm³/mol. The lowest BCUT2D eigenvalue weighted by molar-refractivity contribution is -0.120. The van der Waals surface area contributed by atoms with Gasteiger partial charge in [0.05, 0.1) is 5.92 Å². The molecule has 1 atom stereocenters. The molecule has 3 heteroatoms. The van der Waals surface area contributed by atoms with Gasteiger partial charge in [-0.3, -0.25) is 4.79 Å². The van der Waals surface area contributed by atoms with Gasteiger partial charge in [-0.05, 0) is 38.0 Å². The van der Waals surface area contributed by atoms with E-state index in [1.807, 2.05) is 24.3 Å². The highest BCUT2D eigenvalue weighted by molar-refractivity contribution is 9.10. The van der Waals surface area contributed by atoms with Crippen molar-refractivity contribution in [3.63, 3.8) is 0 Å². The lowest BCUT2D eigenvalue weighted by Crippen LogP contribution is -2.34. The zero-order valence-electron chi connectivity index (χ0n) is 8.88. The number of nitrogens with one attached hydrogen (secondary N) is 1. The lowest BCUT2D eigenvalue weighted by atomic mass is 9.91. The van der Waals surface area contributed by atoms with E-state index in [-0.39, 0.29) is 17.4 Å². The molecule has 2 rings (SSSR count). The smallest absolute Gasteiger partial charge is 0.228 e. The summed E-state index contributed by atoms with van der Waals surface area (Å²) >= 11 is 3.39. The largest absolute Gasteiger partial charge is 0.351 e. The van der Waals surface area contributed by atoms with Crippen LogP contribution in [0.15, 0.2) is 28.7 Å². The highest BCUT2D eigenvalue weighted by Gasteiger charge is 2.37. The molecule has 80 valence electrons. The Morgan fingerprint density at radius 3 is 2.40 bits per heavy atom. The van der Waals surface area contributed by atoms with Gasteiger partial charge < -0.3 is 5.32 Å². The molecule has 1 saturated heterocycles. The summed E-state index contributed by atoms with van der Waals surface area (Å²) < 4.78 is 1.05. The number of carbonyl (C=O) groups is 1. The fraction of sp³-hybridized carbons (Fsp3) is 0.417. The first-order valence-corrected chi connectivity index (χ1v) is 5.85. The Morgan fingerprint density at radius 2 is 1.93 bits per heavy atom. The summed E-state index contributed by atoms with van der Waals surface area (Å²) in [6, 6.07) is 7.98. The maximum Gasteiger partial charge on any atom is 0.228 e. The Kier molecular flexibility index (Phi) is 2.59. The first kappa shape index (κ1) is 10.7. The van der Waals surface area contributed by atoms with Gasteiger partial charge in [-0.25, -0.2) is 0 Å². The molecule has 1 fully saturated rings. The van der Waals surface area contributed by atoms with Gasteiger partial charge in [0.2, 0.25) is 5.91 Å². The number of hydrogen-bond acceptors (Lipinski definition) is 1. The van der Waals surface area contributed by atoms with Gasteiger partial charge in [-0.15, -0.1) is 0 Å². The molecule has 1 aromatic carbocycles. The van der Waals surface area contributed by atoms with Crippen molar-refractivity contribution in [3.05, 3.63) is 34.3 Å². The Balaban J connectivity index is 2.25. The van der Waals surface area contributed by atoms with Crippen molar-refractivity contribution in [2.75, 3.05) is 0 Å². The van der Waals surface area contributed by atoms with E-state index < -0.39 is 0 Å². The zero-order valence-corrected chi connectivity index (χ0v) is 10.5. The number of halogens is 1. The highest BCUT2D eigenvalue weighted by Crippen LogP contribution is 2.32. The molecule has 1 N–H and O–H groups in total. The molecule has 0 aromatic heterocycles. The zero-order chi connectivity index (χ0) is 11.1. The molecule has 0 spiro atoms. The molecule has 0 radical (unpaired) electrons. The van der Waals surface area contributed by atoms with Crippen LogP contribution in [0.4, 0.5) is 0 Å². The third-order valence-corrected chi connectivity index (χ3v) is 3.29. The number of hydrogen-bond donors (Lipinski definition) is 1. The molecule has 1 aromatic rings. The van der Waals surface area contributed by atoms with Gasteiger partial charge in [0.15, 0.2) is 0 Å². The number of carbonyl (C=O) groups excluding carboxylic acids is 1. The predicted octanol–water partition coefficient (Wildman–Crippen LogP) is 2.83. The summed E-state index contributed by atoms with van der Waals surface area (Å²) in [5, 5.41) is 3.01. The van der Waals surface area contributed by atoms with Crippen molar-refractivity contribution in [2.24, 2.45) is 0 Å². The van der Waals surface area contributed by atoms with Crippen LogP contribution < -0.4 is 5.32 Å². The third kappa shape index (κ3) is 2.23. The van der Waals surface area contributed by atoms with Crippen LogP contribution in [0, 0.1) is 0 Å². The van der Waals surface area contributed by atoms with Gasteiger partial charge in [0, 0.05) is 10.0 Å². The molecular formula is C12H14BrNO. The average Bonchev–Trinajstić information content (AvgIpc) is 2.41. The van der Waals surface area contributed by atoms with Crippen LogP contribution in [-0.4, -0.2) is 11.4 Å². The normalized spacial score (nSPS) is 23.9. The second-order valence-electron chi connectivity index (χ2n) is 4.68. The molecular weight excluding hydrogens is 254 g/mol. The van der Waals surface area contributed by atoms with E-state index in [1.165, 1.54) is 0 Å². The molecule has 0 aliphatic carbocycles. The van der Waals surface area contributed by atoms with Gasteiger partial charge in [0.1, 0.15) is 0 Å². The van der Waals surface area contributed by atoms with E-state index in [4.69, 9.17) is 0 Å². The minimum absolute atomic E-state index is 0.00750. The SMILES string of the molecule is CC1(C)CC(c2ccc(Br)cc2)C(=O)N1. The molecule has 1 heterocycles. The van der Waals surface area contributed by atoms with Gasteiger partial charge in [-0.2, -0.15) is 0 Å². The molecule has 1 aliphatic heterocycles. The molecule has 1 amide bonds. The monoisotopic (exact) mass is 267 g/mol. The Bertz CT molecular complexity index is 383. The van der Waals surface area contributed by atoms with E-state index in [1.54, 1.807) is 0 Å². The minimum Gasteiger partial charge on any atom is -0.351 e. The summed E-state index contributed by atoms with van der Waals surface area (Å²) in [6.45, 7) is 4.12. The summed E-state index contributed by atoms with van der Waals surface area (Å²) in [4.78, 5) is 11.8. The van der Waals surface area contributed by atoms with Crippen LogP contribution in [0.3, 0.4) is 0 Å². The van der Waals surface area contributed by atoms with E-state index in [0.29, 0.717) is 0 Å². The first-order valence-electron chi connectivity index (χ1n) is 5.05. The number of amides is 1. The minimum atomic E-state index is -0.0746. The topological polar surface area (TPSA) is 29.1 Å². The summed E-state index contributed by atoms with van der Waals surface area (Å²) in [5.74, 6) is 0.149. The maximum atomic E-state index is 11.8. The van der Waals surface area contributed by atoms with E-state index in [2.05, 4.69) is 35.1 Å². The molecule has 1 unspecified atom stereocenters. The summed E-state index contributed by atoms with van der Waals surface area (Å²) in [6.07, 6.45) is 0.869. The van der Waals surface area contributed by atoms with Crippen LogP contribution in [0.5, 0.6) is 0 Å². The van der Waals surface area contributed by atoms with Crippen LogP contribution >= 0.6 is 15.9 Å². The van der Waals surface area contributed by atoms with E-state index >= 15 is 0 Å². The molecule has 1 aliphatic rings.